The normalized spacial score (nSPS) is 14.7. The Labute approximate surface area is 186 Å². The number of para-hydroxylation sites is 1. The molecule has 0 aliphatic heterocycles. The largest absolute Gasteiger partial charge is 0.452 e. The van der Waals surface area contributed by atoms with E-state index in [9.17, 15) is 14.4 Å². The zero-order valence-corrected chi connectivity index (χ0v) is 17.5. The van der Waals surface area contributed by atoms with Gasteiger partial charge in [0, 0.05) is 5.56 Å². The summed E-state index contributed by atoms with van der Waals surface area (Å²) in [5.41, 5.74) is 3.35. The van der Waals surface area contributed by atoms with Gasteiger partial charge in [0.15, 0.2) is 6.61 Å². The number of hydrogen-bond donors (Lipinski definition) is 2. The summed E-state index contributed by atoms with van der Waals surface area (Å²) in [6.45, 7) is -0.390. The molecule has 1 unspecified atom stereocenters. The molecule has 0 saturated heterocycles. The van der Waals surface area contributed by atoms with E-state index < -0.39 is 12.6 Å². The van der Waals surface area contributed by atoms with E-state index >= 15 is 0 Å². The van der Waals surface area contributed by atoms with Gasteiger partial charge in [0.2, 0.25) is 0 Å². The summed E-state index contributed by atoms with van der Waals surface area (Å²) >= 11 is 0. The molecule has 1 aliphatic carbocycles. The van der Waals surface area contributed by atoms with Gasteiger partial charge in [-0.2, -0.15) is 0 Å². The van der Waals surface area contributed by atoms with Crippen molar-refractivity contribution in [3.05, 3.63) is 101 Å². The lowest BCUT2D eigenvalue weighted by Gasteiger charge is -2.26. The summed E-state index contributed by atoms with van der Waals surface area (Å²) in [7, 11) is 0. The highest BCUT2D eigenvalue weighted by atomic mass is 16.5. The van der Waals surface area contributed by atoms with Crippen LogP contribution in [0.4, 0.5) is 5.69 Å². The fourth-order valence-electron chi connectivity index (χ4n) is 3.90. The number of benzene rings is 3. The monoisotopic (exact) mass is 428 g/mol. The van der Waals surface area contributed by atoms with E-state index in [1.807, 2.05) is 24.3 Å². The molecular weight excluding hydrogens is 404 g/mol. The Morgan fingerprint density at radius 3 is 2.44 bits per heavy atom. The van der Waals surface area contributed by atoms with Crippen LogP contribution >= 0.6 is 0 Å². The van der Waals surface area contributed by atoms with Crippen molar-refractivity contribution in [3.8, 4) is 0 Å². The Balaban J connectivity index is 1.37. The fraction of sp³-hybridized carbons (Fsp3) is 0.192. The number of amides is 2. The van der Waals surface area contributed by atoms with Crippen LogP contribution in [0.15, 0.2) is 78.9 Å². The minimum atomic E-state index is -0.673. The van der Waals surface area contributed by atoms with Gasteiger partial charge in [-0.1, -0.05) is 54.6 Å². The molecule has 0 fully saturated rings. The molecule has 4 rings (SSSR count). The standard InChI is InChI=1S/C26H24N2O4/c29-24(27-22-16-8-12-18-9-4-5-13-20(18)22)17-32-26(31)21-14-6-7-15-23(21)28-25(30)19-10-2-1-3-11-19/h1-7,9-11,13-15,22H,8,12,16-17H2,(H,27,29)(H,28,30). The maximum Gasteiger partial charge on any atom is 0.340 e. The third-order valence-electron chi connectivity index (χ3n) is 5.47. The summed E-state index contributed by atoms with van der Waals surface area (Å²) in [5.74, 6) is -1.36. The Hall–Kier alpha value is -3.93. The molecule has 2 amide bonds. The second kappa shape index (κ2) is 9.92. The Morgan fingerprint density at radius 2 is 1.59 bits per heavy atom. The molecule has 0 spiro atoms. The van der Waals surface area contributed by atoms with E-state index in [4.69, 9.17) is 4.74 Å². The predicted octanol–water partition coefficient (Wildman–Crippen LogP) is 4.29. The third kappa shape index (κ3) is 5.03. The molecule has 32 heavy (non-hydrogen) atoms. The molecule has 1 aliphatic rings. The second-order valence-corrected chi connectivity index (χ2v) is 7.65. The minimum absolute atomic E-state index is 0.0800. The first kappa shape index (κ1) is 21.3. The quantitative estimate of drug-likeness (QED) is 0.574. The summed E-state index contributed by atoms with van der Waals surface area (Å²) in [4.78, 5) is 37.5. The highest BCUT2D eigenvalue weighted by Gasteiger charge is 2.22. The Bertz CT molecular complexity index is 1130. The number of ether oxygens (including phenoxy) is 1. The number of carbonyl (C=O) groups excluding carboxylic acids is 3. The molecule has 1 atom stereocenters. The van der Waals surface area contributed by atoms with Gasteiger partial charge < -0.3 is 15.4 Å². The van der Waals surface area contributed by atoms with E-state index in [0.29, 0.717) is 11.3 Å². The van der Waals surface area contributed by atoms with Gasteiger partial charge in [0.05, 0.1) is 17.3 Å². The van der Waals surface area contributed by atoms with Crippen molar-refractivity contribution in [1.29, 1.82) is 0 Å². The van der Waals surface area contributed by atoms with E-state index in [-0.39, 0.29) is 23.4 Å². The number of rotatable bonds is 6. The first-order valence-corrected chi connectivity index (χ1v) is 10.6. The average Bonchev–Trinajstić information content (AvgIpc) is 2.83. The fourth-order valence-corrected chi connectivity index (χ4v) is 3.90. The summed E-state index contributed by atoms with van der Waals surface area (Å²) < 4.78 is 5.25. The van der Waals surface area contributed by atoms with E-state index in [0.717, 1.165) is 24.8 Å². The van der Waals surface area contributed by atoms with Crippen molar-refractivity contribution in [2.24, 2.45) is 0 Å². The van der Waals surface area contributed by atoms with Crippen LogP contribution in [0.5, 0.6) is 0 Å². The summed E-state index contributed by atoms with van der Waals surface area (Å²) in [5, 5.41) is 5.70. The third-order valence-corrected chi connectivity index (χ3v) is 5.47. The molecule has 6 nitrogen and oxygen atoms in total. The van der Waals surface area contributed by atoms with Gasteiger partial charge >= 0.3 is 5.97 Å². The highest BCUT2D eigenvalue weighted by Crippen LogP contribution is 2.29. The van der Waals surface area contributed by atoms with Crippen LogP contribution in [-0.2, 0) is 16.0 Å². The molecule has 2 N–H and O–H groups in total. The number of hydrogen-bond acceptors (Lipinski definition) is 4. The lowest BCUT2D eigenvalue weighted by molar-refractivity contribution is -0.125. The van der Waals surface area contributed by atoms with Gasteiger partial charge in [-0.05, 0) is 54.7 Å². The van der Waals surface area contributed by atoms with E-state index in [1.165, 1.54) is 5.56 Å². The molecule has 0 bridgehead atoms. The first-order valence-electron chi connectivity index (χ1n) is 10.6. The van der Waals surface area contributed by atoms with Crippen LogP contribution in [0.3, 0.4) is 0 Å². The van der Waals surface area contributed by atoms with Crippen molar-refractivity contribution in [2.45, 2.75) is 25.3 Å². The zero-order valence-electron chi connectivity index (χ0n) is 17.5. The summed E-state index contributed by atoms with van der Waals surface area (Å²) in [6.07, 6.45) is 2.85. The first-order chi connectivity index (χ1) is 15.6. The average molecular weight is 428 g/mol. The van der Waals surface area contributed by atoms with Crippen LogP contribution in [0.1, 0.15) is 50.7 Å². The maximum absolute atomic E-state index is 12.6. The van der Waals surface area contributed by atoms with E-state index in [1.54, 1.807) is 48.5 Å². The molecule has 0 radical (unpaired) electrons. The number of aryl methyl sites for hydroxylation is 1. The summed E-state index contributed by atoms with van der Waals surface area (Å²) in [6, 6.07) is 23.3. The van der Waals surface area contributed by atoms with Crippen molar-refractivity contribution in [1.82, 2.24) is 5.32 Å². The van der Waals surface area contributed by atoms with E-state index in [2.05, 4.69) is 16.7 Å². The lowest BCUT2D eigenvalue weighted by Crippen LogP contribution is -2.34. The number of carbonyl (C=O) groups is 3. The molecule has 3 aromatic carbocycles. The SMILES string of the molecule is O=C(COC(=O)c1ccccc1NC(=O)c1ccccc1)NC1CCCc2ccccc21. The van der Waals surface area contributed by atoms with Crippen molar-refractivity contribution < 1.29 is 19.1 Å². The topological polar surface area (TPSA) is 84.5 Å². The minimum Gasteiger partial charge on any atom is -0.452 e. The van der Waals surface area contributed by atoms with Gasteiger partial charge in [0.25, 0.3) is 11.8 Å². The molecule has 162 valence electrons. The molecule has 0 heterocycles. The van der Waals surface area contributed by atoms with Crippen LogP contribution in [0.2, 0.25) is 0 Å². The number of esters is 1. The zero-order chi connectivity index (χ0) is 22.3. The van der Waals surface area contributed by atoms with Gasteiger partial charge in [-0.3, -0.25) is 9.59 Å². The highest BCUT2D eigenvalue weighted by molar-refractivity contribution is 6.08. The second-order valence-electron chi connectivity index (χ2n) is 7.65. The molecule has 6 heteroatoms. The van der Waals surface area contributed by atoms with Gasteiger partial charge in [0.1, 0.15) is 0 Å². The van der Waals surface area contributed by atoms with Crippen LogP contribution in [-0.4, -0.2) is 24.4 Å². The number of nitrogens with one attached hydrogen (secondary N) is 2. The van der Waals surface area contributed by atoms with Crippen molar-refractivity contribution in [3.63, 3.8) is 0 Å². The number of fused-ring (bicyclic) bond motifs is 1. The van der Waals surface area contributed by atoms with Crippen LogP contribution < -0.4 is 10.6 Å². The Kier molecular flexibility index (Phi) is 6.60. The van der Waals surface area contributed by atoms with Crippen LogP contribution in [0, 0.1) is 0 Å². The number of anilines is 1. The smallest absolute Gasteiger partial charge is 0.340 e. The molecular formula is C26H24N2O4. The molecule has 0 saturated carbocycles. The lowest BCUT2D eigenvalue weighted by atomic mass is 9.88. The Morgan fingerprint density at radius 1 is 0.875 bits per heavy atom. The molecule has 0 aromatic heterocycles. The van der Waals surface area contributed by atoms with Gasteiger partial charge in [-0.25, -0.2) is 4.79 Å². The van der Waals surface area contributed by atoms with Crippen molar-refractivity contribution in [2.75, 3.05) is 11.9 Å². The van der Waals surface area contributed by atoms with Gasteiger partial charge in [-0.15, -0.1) is 0 Å². The maximum atomic E-state index is 12.6. The van der Waals surface area contributed by atoms with Crippen molar-refractivity contribution >= 4 is 23.5 Å². The molecule has 3 aromatic rings. The van der Waals surface area contributed by atoms with Crippen LogP contribution in [0.25, 0.3) is 0 Å². The predicted molar refractivity (Wildman–Crippen MR) is 121 cm³/mol.